The highest BCUT2D eigenvalue weighted by atomic mass is 16.5. The fraction of sp³-hybridized carbons (Fsp3) is 0.375. The highest BCUT2D eigenvalue weighted by molar-refractivity contribution is 6.52. The molecule has 100 valence electrons. The molecule has 0 fully saturated rings. The van der Waals surface area contributed by atoms with Crippen LogP contribution in [0.25, 0.3) is 6.08 Å². The van der Waals surface area contributed by atoms with Gasteiger partial charge in [-0.2, -0.15) is 0 Å². The van der Waals surface area contributed by atoms with Crippen molar-refractivity contribution in [1.29, 1.82) is 0 Å². The maximum Gasteiger partial charge on any atom is 0.233 e. The number of methoxy groups -OCH3 is 1. The van der Waals surface area contributed by atoms with Crippen molar-refractivity contribution in [3.05, 3.63) is 41.0 Å². The summed E-state index contributed by atoms with van der Waals surface area (Å²) in [7, 11) is 1.61. The van der Waals surface area contributed by atoms with E-state index in [0.29, 0.717) is 11.1 Å². The summed E-state index contributed by atoms with van der Waals surface area (Å²) in [4.78, 5) is 24.4. The SMILES string of the molecule is COC(C)C(C)(C)C1=Cc2ccccc2C(=O)C1=O. The maximum atomic E-state index is 12.3. The monoisotopic (exact) mass is 258 g/mol. The van der Waals surface area contributed by atoms with E-state index >= 15 is 0 Å². The third-order valence-corrected chi connectivity index (χ3v) is 4.02. The van der Waals surface area contributed by atoms with Crippen molar-refractivity contribution in [2.45, 2.75) is 26.9 Å². The standard InChI is InChI=1S/C16H18O3/c1-10(19-4)16(2,3)13-9-11-7-5-6-8-12(11)14(17)15(13)18/h5-10H,1-4H3. The van der Waals surface area contributed by atoms with E-state index in [1.165, 1.54) is 0 Å². The summed E-state index contributed by atoms with van der Waals surface area (Å²) < 4.78 is 5.34. The predicted octanol–water partition coefficient (Wildman–Crippen LogP) is 2.90. The molecule has 0 aromatic heterocycles. The van der Waals surface area contributed by atoms with Gasteiger partial charge in [0.1, 0.15) is 0 Å². The van der Waals surface area contributed by atoms with Crippen LogP contribution < -0.4 is 0 Å². The molecule has 0 amide bonds. The van der Waals surface area contributed by atoms with Gasteiger partial charge in [-0.3, -0.25) is 9.59 Å². The Bertz CT molecular complexity index is 567. The van der Waals surface area contributed by atoms with Gasteiger partial charge in [-0.15, -0.1) is 0 Å². The number of carbonyl (C=O) groups is 2. The van der Waals surface area contributed by atoms with E-state index in [9.17, 15) is 9.59 Å². The number of hydrogen-bond donors (Lipinski definition) is 0. The van der Waals surface area contributed by atoms with Crippen LogP contribution in [-0.4, -0.2) is 24.8 Å². The molecule has 3 nitrogen and oxygen atoms in total. The molecular weight excluding hydrogens is 240 g/mol. The molecule has 0 bridgehead atoms. The highest BCUT2D eigenvalue weighted by Gasteiger charge is 2.39. The van der Waals surface area contributed by atoms with Gasteiger partial charge in [0.25, 0.3) is 0 Å². The molecule has 19 heavy (non-hydrogen) atoms. The lowest BCUT2D eigenvalue weighted by Gasteiger charge is -2.34. The van der Waals surface area contributed by atoms with E-state index in [2.05, 4.69) is 0 Å². The topological polar surface area (TPSA) is 43.4 Å². The lowest BCUT2D eigenvalue weighted by molar-refractivity contribution is -0.113. The number of carbonyl (C=O) groups excluding carboxylic acids is 2. The van der Waals surface area contributed by atoms with Gasteiger partial charge in [-0.05, 0) is 18.6 Å². The van der Waals surface area contributed by atoms with Gasteiger partial charge in [0, 0.05) is 23.7 Å². The highest BCUT2D eigenvalue weighted by Crippen LogP contribution is 2.37. The molecule has 0 N–H and O–H groups in total. The van der Waals surface area contributed by atoms with Crippen molar-refractivity contribution < 1.29 is 14.3 Å². The minimum absolute atomic E-state index is 0.152. The molecule has 0 spiro atoms. The molecule has 2 rings (SSSR count). The van der Waals surface area contributed by atoms with Gasteiger partial charge < -0.3 is 4.74 Å². The normalized spacial score (nSPS) is 16.9. The van der Waals surface area contributed by atoms with E-state index in [4.69, 9.17) is 4.74 Å². The lowest BCUT2D eigenvalue weighted by atomic mass is 9.73. The number of rotatable bonds is 3. The molecule has 1 aromatic rings. The first-order chi connectivity index (χ1) is 8.89. The molecule has 1 aromatic carbocycles. The summed E-state index contributed by atoms with van der Waals surface area (Å²) in [5.41, 5.74) is 1.30. The van der Waals surface area contributed by atoms with Crippen molar-refractivity contribution in [2.75, 3.05) is 7.11 Å². The molecule has 1 unspecified atom stereocenters. The van der Waals surface area contributed by atoms with Crippen LogP contribution in [0, 0.1) is 5.41 Å². The summed E-state index contributed by atoms with van der Waals surface area (Å²) in [6.07, 6.45) is 1.66. The zero-order chi connectivity index (χ0) is 14.2. The number of fused-ring (bicyclic) bond motifs is 1. The van der Waals surface area contributed by atoms with Gasteiger partial charge in [-0.1, -0.05) is 38.1 Å². The summed E-state index contributed by atoms with van der Waals surface area (Å²) >= 11 is 0. The second-order valence-electron chi connectivity index (χ2n) is 5.40. The number of hydrogen-bond acceptors (Lipinski definition) is 3. The van der Waals surface area contributed by atoms with Gasteiger partial charge in [0.15, 0.2) is 0 Å². The van der Waals surface area contributed by atoms with E-state index in [1.807, 2.05) is 39.0 Å². The number of ether oxygens (including phenoxy) is 1. The summed E-state index contributed by atoms with van der Waals surface area (Å²) in [6.45, 7) is 5.75. The molecule has 1 aliphatic rings. The average Bonchev–Trinajstić information content (AvgIpc) is 2.41. The minimum atomic E-state index is -0.505. The quantitative estimate of drug-likeness (QED) is 0.783. The van der Waals surface area contributed by atoms with Gasteiger partial charge in [0.2, 0.25) is 11.6 Å². The molecule has 0 saturated carbocycles. The largest absolute Gasteiger partial charge is 0.381 e. The van der Waals surface area contributed by atoms with Crippen LogP contribution >= 0.6 is 0 Å². The van der Waals surface area contributed by atoms with Crippen molar-refractivity contribution in [3.63, 3.8) is 0 Å². The molecule has 1 aliphatic carbocycles. The van der Waals surface area contributed by atoms with Crippen LogP contribution in [0.15, 0.2) is 29.8 Å². The maximum absolute atomic E-state index is 12.3. The molecule has 0 saturated heterocycles. The Morgan fingerprint density at radius 2 is 1.74 bits per heavy atom. The summed E-state index contributed by atoms with van der Waals surface area (Å²) in [6, 6.07) is 7.18. The third kappa shape index (κ3) is 2.15. The Morgan fingerprint density at radius 3 is 2.37 bits per heavy atom. The third-order valence-electron chi connectivity index (χ3n) is 4.02. The van der Waals surface area contributed by atoms with E-state index in [0.717, 1.165) is 5.56 Å². The van der Waals surface area contributed by atoms with Gasteiger partial charge >= 0.3 is 0 Å². The second-order valence-corrected chi connectivity index (χ2v) is 5.40. The van der Waals surface area contributed by atoms with Crippen LogP contribution in [0.1, 0.15) is 36.7 Å². The van der Waals surface area contributed by atoms with E-state index in [-0.39, 0.29) is 6.10 Å². The molecule has 0 aliphatic heterocycles. The van der Waals surface area contributed by atoms with E-state index < -0.39 is 17.0 Å². The van der Waals surface area contributed by atoms with Crippen LogP contribution in [0.3, 0.4) is 0 Å². The molecule has 1 atom stereocenters. The fourth-order valence-electron chi connectivity index (χ4n) is 2.29. The Labute approximate surface area is 113 Å². The predicted molar refractivity (Wildman–Crippen MR) is 74.0 cm³/mol. The minimum Gasteiger partial charge on any atom is -0.381 e. The van der Waals surface area contributed by atoms with Crippen LogP contribution in [0.4, 0.5) is 0 Å². The Balaban J connectivity index is 2.57. The van der Waals surface area contributed by atoms with Crippen molar-refractivity contribution >= 4 is 17.6 Å². The van der Waals surface area contributed by atoms with Crippen molar-refractivity contribution in [3.8, 4) is 0 Å². The fourth-order valence-corrected chi connectivity index (χ4v) is 2.29. The zero-order valence-electron chi connectivity index (χ0n) is 11.7. The van der Waals surface area contributed by atoms with Gasteiger partial charge in [0.05, 0.1) is 6.10 Å². The lowest BCUT2D eigenvalue weighted by Crippen LogP contribution is -2.37. The average molecular weight is 258 g/mol. The molecule has 0 radical (unpaired) electrons. The Kier molecular flexibility index (Phi) is 3.42. The first-order valence-electron chi connectivity index (χ1n) is 6.32. The molecule has 0 heterocycles. The van der Waals surface area contributed by atoms with Crippen molar-refractivity contribution in [1.82, 2.24) is 0 Å². The van der Waals surface area contributed by atoms with Gasteiger partial charge in [-0.25, -0.2) is 0 Å². The van der Waals surface area contributed by atoms with Crippen LogP contribution in [0.2, 0.25) is 0 Å². The molecule has 3 heteroatoms. The zero-order valence-corrected chi connectivity index (χ0v) is 11.7. The first-order valence-corrected chi connectivity index (χ1v) is 6.32. The first kappa shape index (κ1) is 13.7. The van der Waals surface area contributed by atoms with Crippen molar-refractivity contribution in [2.24, 2.45) is 5.41 Å². The number of ketones is 2. The second kappa shape index (κ2) is 4.74. The number of Topliss-reactive ketones (excluding diaryl/α,β-unsaturated/α-hetero) is 2. The Hall–Kier alpha value is -1.74. The van der Waals surface area contributed by atoms with Crippen LogP contribution in [-0.2, 0) is 9.53 Å². The smallest absolute Gasteiger partial charge is 0.233 e. The Morgan fingerprint density at radius 1 is 1.11 bits per heavy atom. The number of benzene rings is 1. The summed E-state index contributed by atoms with van der Waals surface area (Å²) in [5, 5.41) is 0. The molecular formula is C16H18O3. The summed E-state index contributed by atoms with van der Waals surface area (Å²) in [5.74, 6) is -0.850. The van der Waals surface area contributed by atoms with Crippen LogP contribution in [0.5, 0.6) is 0 Å². The van der Waals surface area contributed by atoms with E-state index in [1.54, 1.807) is 19.2 Å².